The van der Waals surface area contributed by atoms with Crippen LogP contribution in [0.4, 0.5) is 5.69 Å². The third-order valence-corrected chi connectivity index (χ3v) is 9.25. The van der Waals surface area contributed by atoms with Crippen LogP contribution in [-0.4, -0.2) is 68.1 Å². The number of aliphatic hydroxyl groups is 1. The minimum Gasteiger partial charge on any atom is -0.486 e. The quantitative estimate of drug-likeness (QED) is 0.425. The van der Waals surface area contributed by atoms with Crippen LogP contribution in [0.2, 0.25) is 0 Å². The summed E-state index contributed by atoms with van der Waals surface area (Å²) in [6.07, 6.45) is -0.346. The number of nitrogens with one attached hydrogen (secondary N) is 1. The summed E-state index contributed by atoms with van der Waals surface area (Å²) in [6.45, 7) is 5.29. The van der Waals surface area contributed by atoms with Crippen LogP contribution in [0.5, 0.6) is 5.75 Å². The maximum Gasteiger partial charge on any atom is 0.271 e. The van der Waals surface area contributed by atoms with E-state index in [1.54, 1.807) is 41.5 Å². The molecule has 0 saturated carbocycles. The number of amides is 1. The molecule has 0 spiro atoms. The van der Waals surface area contributed by atoms with E-state index in [4.69, 9.17) is 4.74 Å². The van der Waals surface area contributed by atoms with Gasteiger partial charge >= 0.3 is 0 Å². The Morgan fingerprint density at radius 1 is 1.16 bits per heavy atom. The Bertz CT molecular complexity index is 1300. The lowest BCUT2D eigenvalue weighted by Crippen LogP contribution is -2.49. The number of para-hydroxylation sites is 1. The summed E-state index contributed by atoms with van der Waals surface area (Å²) in [7, 11) is -1.85. The monoisotopic (exact) mass is 543 g/mol. The van der Waals surface area contributed by atoms with Crippen LogP contribution in [0.1, 0.15) is 29.8 Å². The van der Waals surface area contributed by atoms with Crippen molar-refractivity contribution in [1.82, 2.24) is 9.80 Å². The molecule has 0 aliphatic carbocycles. The van der Waals surface area contributed by atoms with E-state index in [9.17, 15) is 18.3 Å². The van der Waals surface area contributed by atoms with E-state index in [-0.39, 0.29) is 45.7 Å². The molecule has 0 radical (unpaired) electrons. The Morgan fingerprint density at radius 2 is 1.92 bits per heavy atom. The highest BCUT2D eigenvalue weighted by atomic mass is 32.2. The van der Waals surface area contributed by atoms with Crippen LogP contribution in [-0.2, 0) is 16.6 Å². The summed E-state index contributed by atoms with van der Waals surface area (Å²) in [4.78, 5) is 17.4. The highest BCUT2D eigenvalue weighted by Crippen LogP contribution is 2.36. The van der Waals surface area contributed by atoms with Gasteiger partial charge in [-0.05, 0) is 43.1 Å². The van der Waals surface area contributed by atoms with Gasteiger partial charge in [0.25, 0.3) is 15.9 Å². The van der Waals surface area contributed by atoms with E-state index >= 15 is 0 Å². The van der Waals surface area contributed by atoms with Crippen LogP contribution >= 0.6 is 11.3 Å². The van der Waals surface area contributed by atoms with Gasteiger partial charge in [0.2, 0.25) is 0 Å². The third-order valence-electron chi connectivity index (χ3n) is 6.48. The summed E-state index contributed by atoms with van der Waals surface area (Å²) in [6, 6.07) is 17.8. The normalized spacial score (nSPS) is 19.1. The topological polar surface area (TPSA) is 99.2 Å². The number of ether oxygens (including phenoxy) is 1. The molecule has 10 heteroatoms. The molecule has 2 aromatic carbocycles. The van der Waals surface area contributed by atoms with Gasteiger partial charge in [-0.3, -0.25) is 14.4 Å². The molecule has 2 N–H and O–H groups in total. The fourth-order valence-corrected chi connectivity index (χ4v) is 6.48. The molecule has 1 aliphatic heterocycles. The van der Waals surface area contributed by atoms with Crippen molar-refractivity contribution in [1.29, 1.82) is 0 Å². The Balaban J connectivity index is 1.70. The standard InChI is InChI=1S/C27H33N3O5S2/c1-19-15-30(20(2)18-31)27(32)22-11-7-12-23(28-37(33,34)25-13-8-14-36-25)26(22)35-24(19)17-29(3)16-21-9-5-4-6-10-21/h4-14,19-20,24,28,31H,15-18H2,1-3H3/t19-,20-,24-/m1/s1. The average Bonchev–Trinajstić information content (AvgIpc) is 3.43. The maximum absolute atomic E-state index is 13.6. The number of carbonyl (C=O) groups is 1. The number of hydrogen-bond acceptors (Lipinski definition) is 7. The summed E-state index contributed by atoms with van der Waals surface area (Å²) in [5.41, 5.74) is 1.63. The predicted octanol–water partition coefficient (Wildman–Crippen LogP) is 3.90. The van der Waals surface area contributed by atoms with Gasteiger partial charge in [0.15, 0.2) is 5.75 Å². The van der Waals surface area contributed by atoms with E-state index in [1.165, 1.54) is 11.6 Å². The lowest BCUT2D eigenvalue weighted by molar-refractivity contribution is 0.0344. The van der Waals surface area contributed by atoms with Crippen molar-refractivity contribution in [2.24, 2.45) is 5.92 Å². The molecular weight excluding hydrogens is 510 g/mol. The first-order valence-corrected chi connectivity index (χ1v) is 14.6. The molecule has 198 valence electrons. The second kappa shape index (κ2) is 11.6. The number of anilines is 1. The molecule has 0 unspecified atom stereocenters. The van der Waals surface area contributed by atoms with Crippen LogP contribution in [0.25, 0.3) is 0 Å². The number of aliphatic hydroxyl groups excluding tert-OH is 1. The molecule has 2 heterocycles. The van der Waals surface area contributed by atoms with Gasteiger partial charge in [-0.1, -0.05) is 49.4 Å². The number of sulfonamides is 1. The van der Waals surface area contributed by atoms with Crippen molar-refractivity contribution >= 4 is 33.0 Å². The van der Waals surface area contributed by atoms with Gasteiger partial charge < -0.3 is 14.7 Å². The first-order valence-electron chi connectivity index (χ1n) is 12.2. The largest absolute Gasteiger partial charge is 0.486 e. The Hall–Kier alpha value is -2.92. The first-order chi connectivity index (χ1) is 17.7. The molecular formula is C27H33N3O5S2. The maximum atomic E-state index is 13.6. The van der Waals surface area contributed by atoms with Crippen molar-refractivity contribution in [3.63, 3.8) is 0 Å². The summed E-state index contributed by atoms with van der Waals surface area (Å²) in [5, 5.41) is 11.6. The van der Waals surface area contributed by atoms with Gasteiger partial charge in [-0.25, -0.2) is 8.42 Å². The number of rotatable bonds is 9. The molecule has 1 aliphatic rings. The van der Waals surface area contributed by atoms with E-state index in [2.05, 4.69) is 21.8 Å². The molecule has 4 rings (SSSR count). The minimum atomic E-state index is -3.86. The van der Waals surface area contributed by atoms with Gasteiger partial charge in [-0.2, -0.15) is 0 Å². The Labute approximate surface area is 222 Å². The second-order valence-corrected chi connectivity index (χ2v) is 12.4. The van der Waals surface area contributed by atoms with Crippen molar-refractivity contribution in [2.45, 2.75) is 36.7 Å². The molecule has 3 aromatic rings. The fraction of sp³-hybridized carbons (Fsp3) is 0.370. The van der Waals surface area contributed by atoms with E-state index in [0.717, 1.165) is 11.3 Å². The van der Waals surface area contributed by atoms with Crippen molar-refractivity contribution in [3.8, 4) is 5.75 Å². The summed E-state index contributed by atoms with van der Waals surface area (Å²) >= 11 is 1.11. The third kappa shape index (κ3) is 6.32. The lowest BCUT2D eigenvalue weighted by atomic mass is 9.99. The van der Waals surface area contributed by atoms with Crippen LogP contribution in [0, 0.1) is 5.92 Å². The molecule has 3 atom stereocenters. The van der Waals surface area contributed by atoms with Crippen LogP contribution in [0.3, 0.4) is 0 Å². The van der Waals surface area contributed by atoms with Crippen molar-refractivity contribution < 1.29 is 23.1 Å². The number of hydrogen-bond donors (Lipinski definition) is 2. The number of carbonyl (C=O) groups excluding carboxylic acids is 1. The molecule has 1 aromatic heterocycles. The zero-order chi connectivity index (χ0) is 26.6. The SMILES string of the molecule is C[C@@H]1CN([C@H](C)CO)C(=O)c2cccc(NS(=O)(=O)c3cccs3)c2O[C@@H]1CN(C)Cc1ccccc1. The Kier molecular flexibility index (Phi) is 8.53. The van der Waals surface area contributed by atoms with Gasteiger partial charge in [0.05, 0.1) is 23.9 Å². The number of fused-ring (bicyclic) bond motifs is 1. The molecule has 0 saturated heterocycles. The fourth-order valence-electron chi connectivity index (χ4n) is 4.42. The summed E-state index contributed by atoms with van der Waals surface area (Å²) < 4.78 is 35.4. The lowest BCUT2D eigenvalue weighted by Gasteiger charge is -2.38. The molecule has 1 amide bonds. The smallest absolute Gasteiger partial charge is 0.271 e. The van der Waals surface area contributed by atoms with Gasteiger partial charge in [0, 0.05) is 25.6 Å². The van der Waals surface area contributed by atoms with Crippen molar-refractivity contribution in [3.05, 3.63) is 77.2 Å². The average molecular weight is 544 g/mol. The zero-order valence-electron chi connectivity index (χ0n) is 21.2. The van der Waals surface area contributed by atoms with Gasteiger partial charge in [-0.15, -0.1) is 11.3 Å². The number of thiophene rings is 1. The van der Waals surface area contributed by atoms with Crippen molar-refractivity contribution in [2.75, 3.05) is 31.5 Å². The second-order valence-electron chi connectivity index (χ2n) is 9.52. The van der Waals surface area contributed by atoms with Gasteiger partial charge in [0.1, 0.15) is 10.3 Å². The van der Waals surface area contributed by atoms with Crippen LogP contribution in [0.15, 0.2) is 70.3 Å². The zero-order valence-corrected chi connectivity index (χ0v) is 22.8. The number of nitrogens with zero attached hydrogens (tertiary/aromatic N) is 2. The minimum absolute atomic E-state index is 0.0914. The first kappa shape index (κ1) is 27.1. The molecule has 8 nitrogen and oxygen atoms in total. The van der Waals surface area contributed by atoms with E-state index < -0.39 is 16.1 Å². The molecule has 0 fully saturated rings. The molecule has 0 bridgehead atoms. The van der Waals surface area contributed by atoms with Crippen LogP contribution < -0.4 is 9.46 Å². The highest BCUT2D eigenvalue weighted by molar-refractivity contribution is 7.94. The van der Waals surface area contributed by atoms with E-state index in [0.29, 0.717) is 19.6 Å². The number of benzene rings is 2. The Morgan fingerprint density at radius 3 is 2.59 bits per heavy atom. The molecule has 37 heavy (non-hydrogen) atoms. The predicted molar refractivity (Wildman–Crippen MR) is 146 cm³/mol. The summed E-state index contributed by atoms with van der Waals surface area (Å²) in [5.74, 6) is -0.199. The number of likely N-dealkylation sites (N-methyl/N-ethyl adjacent to an activating group) is 1. The highest BCUT2D eigenvalue weighted by Gasteiger charge is 2.35. The van der Waals surface area contributed by atoms with E-state index in [1.807, 2.05) is 32.2 Å².